The Hall–Kier alpha value is -2.35. The summed E-state index contributed by atoms with van der Waals surface area (Å²) >= 11 is 0. The molecule has 0 aliphatic carbocycles. The van der Waals surface area contributed by atoms with Crippen LogP contribution in [-0.4, -0.2) is 24.0 Å². The SMILES string of the molecule is CCn1cc(S(=O)(=O)Nc2cccc(C(C)=O)c2)c(N)n1. The minimum absolute atomic E-state index is 0.0629. The van der Waals surface area contributed by atoms with Crippen LogP contribution in [0.5, 0.6) is 0 Å². The van der Waals surface area contributed by atoms with Crippen molar-refractivity contribution in [1.29, 1.82) is 0 Å². The van der Waals surface area contributed by atoms with Gasteiger partial charge < -0.3 is 5.73 Å². The maximum Gasteiger partial charge on any atom is 0.267 e. The van der Waals surface area contributed by atoms with E-state index in [2.05, 4.69) is 9.82 Å². The third kappa shape index (κ3) is 3.22. The molecule has 0 fully saturated rings. The van der Waals surface area contributed by atoms with Crippen molar-refractivity contribution in [3.63, 3.8) is 0 Å². The number of nitrogen functional groups attached to an aromatic ring is 1. The van der Waals surface area contributed by atoms with Gasteiger partial charge in [0.25, 0.3) is 10.0 Å². The van der Waals surface area contributed by atoms with E-state index in [1.807, 2.05) is 6.92 Å². The van der Waals surface area contributed by atoms with Crippen molar-refractivity contribution < 1.29 is 13.2 Å². The number of carbonyl (C=O) groups excluding carboxylic acids is 1. The standard InChI is InChI=1S/C13H16N4O3S/c1-3-17-8-12(13(14)15-17)21(19,20)16-11-6-4-5-10(7-11)9(2)18/h4-8,16H,3H2,1-2H3,(H2,14,15). The molecule has 3 N–H and O–H groups in total. The number of hydrogen-bond donors (Lipinski definition) is 2. The second-order valence-electron chi connectivity index (χ2n) is 4.48. The summed E-state index contributed by atoms with van der Waals surface area (Å²) in [4.78, 5) is 11.2. The molecule has 0 bridgehead atoms. The molecular weight excluding hydrogens is 292 g/mol. The lowest BCUT2D eigenvalue weighted by atomic mass is 10.1. The average Bonchev–Trinajstić information content (AvgIpc) is 2.80. The first-order valence-corrected chi connectivity index (χ1v) is 7.78. The molecule has 0 radical (unpaired) electrons. The third-order valence-corrected chi connectivity index (χ3v) is 4.29. The molecule has 1 heterocycles. The Balaban J connectivity index is 2.35. The van der Waals surface area contributed by atoms with Crippen LogP contribution >= 0.6 is 0 Å². The Bertz CT molecular complexity index is 780. The largest absolute Gasteiger partial charge is 0.381 e. The molecule has 2 rings (SSSR count). The molecule has 0 aliphatic rings. The van der Waals surface area contributed by atoms with Crippen molar-refractivity contribution in [2.45, 2.75) is 25.3 Å². The number of ketones is 1. The number of Topliss-reactive ketones (excluding diaryl/α,β-unsaturated/α-hetero) is 1. The molecule has 8 heteroatoms. The predicted octanol–water partition coefficient (Wildman–Crippen LogP) is 1.49. The van der Waals surface area contributed by atoms with E-state index < -0.39 is 10.0 Å². The van der Waals surface area contributed by atoms with Gasteiger partial charge in [-0.2, -0.15) is 5.10 Å². The van der Waals surface area contributed by atoms with Gasteiger partial charge in [-0.05, 0) is 26.0 Å². The first-order chi connectivity index (χ1) is 9.83. The molecule has 0 amide bonds. The summed E-state index contributed by atoms with van der Waals surface area (Å²) in [7, 11) is -3.85. The summed E-state index contributed by atoms with van der Waals surface area (Å²) < 4.78 is 28.4. The first-order valence-electron chi connectivity index (χ1n) is 6.30. The number of sulfonamides is 1. The zero-order chi connectivity index (χ0) is 15.6. The summed E-state index contributed by atoms with van der Waals surface area (Å²) in [5.74, 6) is -0.207. The topological polar surface area (TPSA) is 107 Å². The van der Waals surface area contributed by atoms with Crippen molar-refractivity contribution in [2.75, 3.05) is 10.5 Å². The third-order valence-electron chi connectivity index (χ3n) is 2.89. The Kier molecular flexibility index (Phi) is 3.99. The van der Waals surface area contributed by atoms with Gasteiger partial charge in [0.05, 0.1) is 0 Å². The number of anilines is 2. The lowest BCUT2D eigenvalue weighted by Gasteiger charge is -2.07. The van der Waals surface area contributed by atoms with Gasteiger partial charge in [-0.1, -0.05) is 12.1 Å². The van der Waals surface area contributed by atoms with Crippen LogP contribution in [0.3, 0.4) is 0 Å². The number of nitrogens with one attached hydrogen (secondary N) is 1. The predicted molar refractivity (Wildman–Crippen MR) is 79.6 cm³/mol. The number of hydrogen-bond acceptors (Lipinski definition) is 5. The lowest BCUT2D eigenvalue weighted by Crippen LogP contribution is -2.14. The summed E-state index contributed by atoms with van der Waals surface area (Å²) in [6.07, 6.45) is 1.37. The van der Waals surface area contributed by atoms with Gasteiger partial charge in [0.2, 0.25) is 0 Å². The smallest absolute Gasteiger partial charge is 0.267 e. The highest BCUT2D eigenvalue weighted by Crippen LogP contribution is 2.21. The number of benzene rings is 1. The van der Waals surface area contributed by atoms with Crippen LogP contribution in [0.4, 0.5) is 11.5 Å². The molecule has 112 valence electrons. The second-order valence-corrected chi connectivity index (χ2v) is 6.13. The zero-order valence-electron chi connectivity index (χ0n) is 11.7. The van der Waals surface area contributed by atoms with Crippen molar-refractivity contribution in [3.05, 3.63) is 36.0 Å². The number of rotatable bonds is 5. The maximum absolute atomic E-state index is 12.3. The number of aromatic nitrogens is 2. The van der Waals surface area contributed by atoms with Gasteiger partial charge in [-0.25, -0.2) is 8.42 Å². The van der Waals surface area contributed by atoms with Gasteiger partial charge >= 0.3 is 0 Å². The molecule has 0 saturated heterocycles. The van der Waals surface area contributed by atoms with Crippen molar-refractivity contribution in [3.8, 4) is 0 Å². The highest BCUT2D eigenvalue weighted by molar-refractivity contribution is 7.92. The van der Waals surface area contributed by atoms with Crippen LogP contribution in [0.15, 0.2) is 35.4 Å². The fourth-order valence-electron chi connectivity index (χ4n) is 1.80. The van der Waals surface area contributed by atoms with Crippen molar-refractivity contribution in [2.24, 2.45) is 0 Å². The number of nitrogens with zero attached hydrogens (tertiary/aromatic N) is 2. The molecule has 21 heavy (non-hydrogen) atoms. The molecule has 0 atom stereocenters. The van der Waals surface area contributed by atoms with Gasteiger partial charge in [-0.3, -0.25) is 14.2 Å². The molecule has 1 aromatic heterocycles. The normalized spacial score (nSPS) is 11.3. The fraction of sp³-hybridized carbons (Fsp3) is 0.231. The van der Waals surface area contributed by atoms with Crippen LogP contribution in [0.1, 0.15) is 24.2 Å². The van der Waals surface area contributed by atoms with E-state index in [0.29, 0.717) is 17.8 Å². The molecule has 0 spiro atoms. The van der Waals surface area contributed by atoms with Crippen LogP contribution in [0, 0.1) is 0 Å². The van der Waals surface area contributed by atoms with Gasteiger partial charge in [0.1, 0.15) is 4.90 Å². The summed E-state index contributed by atoms with van der Waals surface area (Å²) in [6.45, 7) is 3.75. The highest BCUT2D eigenvalue weighted by atomic mass is 32.2. The van der Waals surface area contributed by atoms with E-state index in [1.54, 1.807) is 18.2 Å². The highest BCUT2D eigenvalue weighted by Gasteiger charge is 2.21. The van der Waals surface area contributed by atoms with Crippen LogP contribution < -0.4 is 10.5 Å². The molecule has 7 nitrogen and oxygen atoms in total. The molecular formula is C13H16N4O3S. The monoisotopic (exact) mass is 308 g/mol. The quantitative estimate of drug-likeness (QED) is 0.814. The minimum atomic E-state index is -3.85. The average molecular weight is 308 g/mol. The van der Waals surface area contributed by atoms with E-state index >= 15 is 0 Å². The number of carbonyl (C=O) groups is 1. The zero-order valence-corrected chi connectivity index (χ0v) is 12.5. The summed E-state index contributed by atoms with van der Waals surface area (Å²) in [6, 6.07) is 6.25. The Labute approximate surface area is 122 Å². The Morgan fingerprint density at radius 2 is 2.14 bits per heavy atom. The molecule has 0 aliphatic heterocycles. The Morgan fingerprint density at radius 1 is 1.43 bits per heavy atom. The van der Waals surface area contributed by atoms with E-state index in [-0.39, 0.29) is 16.5 Å². The first kappa shape index (κ1) is 15.0. The molecule has 1 aromatic carbocycles. The number of nitrogens with two attached hydrogens (primary N) is 1. The van der Waals surface area contributed by atoms with E-state index in [1.165, 1.54) is 23.9 Å². The molecule has 0 saturated carbocycles. The second kappa shape index (κ2) is 5.57. The van der Waals surface area contributed by atoms with E-state index in [4.69, 9.17) is 5.73 Å². The van der Waals surface area contributed by atoms with Gasteiger partial charge in [0, 0.05) is 24.0 Å². The van der Waals surface area contributed by atoms with Crippen molar-refractivity contribution >= 4 is 27.3 Å². The minimum Gasteiger partial charge on any atom is -0.381 e. The van der Waals surface area contributed by atoms with Gasteiger partial charge in [0.15, 0.2) is 11.6 Å². The van der Waals surface area contributed by atoms with Crippen molar-refractivity contribution in [1.82, 2.24) is 9.78 Å². The van der Waals surface area contributed by atoms with Crippen LogP contribution in [-0.2, 0) is 16.6 Å². The lowest BCUT2D eigenvalue weighted by molar-refractivity contribution is 0.101. The van der Waals surface area contributed by atoms with Gasteiger partial charge in [-0.15, -0.1) is 0 Å². The molecule has 2 aromatic rings. The number of aryl methyl sites for hydroxylation is 1. The van der Waals surface area contributed by atoms with Crippen LogP contribution in [0.25, 0.3) is 0 Å². The summed E-state index contributed by atoms with van der Waals surface area (Å²) in [5.41, 5.74) is 6.35. The van der Waals surface area contributed by atoms with Crippen LogP contribution in [0.2, 0.25) is 0 Å². The maximum atomic E-state index is 12.3. The molecule has 0 unspecified atom stereocenters. The van der Waals surface area contributed by atoms with E-state index in [0.717, 1.165) is 0 Å². The summed E-state index contributed by atoms with van der Waals surface area (Å²) in [5, 5.41) is 3.90. The fourth-order valence-corrected chi connectivity index (χ4v) is 2.92. The van der Waals surface area contributed by atoms with E-state index in [9.17, 15) is 13.2 Å². The Morgan fingerprint density at radius 3 is 2.71 bits per heavy atom.